The molecule has 162 valence electrons. The van der Waals surface area contributed by atoms with E-state index in [2.05, 4.69) is 15.4 Å². The molecule has 4 heterocycles. The Morgan fingerprint density at radius 2 is 2.16 bits per heavy atom. The van der Waals surface area contributed by atoms with Gasteiger partial charge in [0.25, 0.3) is 11.8 Å². The Hall–Kier alpha value is -3.63. The number of amides is 2. The van der Waals surface area contributed by atoms with Gasteiger partial charge in [0.1, 0.15) is 6.10 Å². The highest BCUT2D eigenvalue weighted by Gasteiger charge is 2.29. The van der Waals surface area contributed by atoms with Gasteiger partial charge in [0, 0.05) is 36.8 Å². The Balaban J connectivity index is 1.45. The van der Waals surface area contributed by atoms with Gasteiger partial charge < -0.3 is 9.64 Å². The van der Waals surface area contributed by atoms with Crippen molar-refractivity contribution < 1.29 is 14.3 Å². The summed E-state index contributed by atoms with van der Waals surface area (Å²) in [5.74, 6) is -0.368. The van der Waals surface area contributed by atoms with Crippen molar-refractivity contribution in [1.29, 1.82) is 0 Å². The smallest absolute Gasteiger partial charge is 0.258 e. The summed E-state index contributed by atoms with van der Waals surface area (Å²) in [6.07, 6.45) is 4.45. The average molecular weight is 449 g/mol. The fourth-order valence-corrected chi connectivity index (χ4v) is 4.25. The van der Waals surface area contributed by atoms with Crippen molar-refractivity contribution in [1.82, 2.24) is 24.6 Å². The summed E-state index contributed by atoms with van der Waals surface area (Å²) >= 11 is 1.35. The number of rotatable bonds is 4. The largest absolute Gasteiger partial charge is 0.368 e. The van der Waals surface area contributed by atoms with Crippen LogP contribution in [0.3, 0.4) is 0 Å². The molecule has 1 atom stereocenters. The number of nitrogens with zero attached hydrogens (tertiary/aromatic N) is 5. The maximum absolute atomic E-state index is 13.0. The van der Waals surface area contributed by atoms with E-state index in [0.717, 1.165) is 5.39 Å². The Morgan fingerprint density at radius 1 is 1.28 bits per heavy atom. The maximum atomic E-state index is 13.0. The lowest BCUT2D eigenvalue weighted by Crippen LogP contribution is -2.42. The monoisotopic (exact) mass is 448 g/mol. The van der Waals surface area contributed by atoms with Crippen LogP contribution < -0.4 is 5.32 Å². The van der Waals surface area contributed by atoms with Crippen molar-refractivity contribution in [3.05, 3.63) is 71.1 Å². The van der Waals surface area contributed by atoms with E-state index < -0.39 is 6.10 Å². The predicted octanol–water partition coefficient (Wildman–Crippen LogP) is 2.89. The second-order valence-corrected chi connectivity index (χ2v) is 8.31. The van der Waals surface area contributed by atoms with Gasteiger partial charge in [0.05, 0.1) is 41.7 Å². The van der Waals surface area contributed by atoms with Crippen molar-refractivity contribution in [2.45, 2.75) is 6.10 Å². The van der Waals surface area contributed by atoms with E-state index in [1.165, 1.54) is 11.3 Å². The normalized spacial score (nSPS) is 16.3. The fourth-order valence-electron chi connectivity index (χ4n) is 3.73. The van der Waals surface area contributed by atoms with Crippen molar-refractivity contribution >= 4 is 39.2 Å². The molecule has 1 N–H and O–H groups in total. The first-order valence-electron chi connectivity index (χ1n) is 10.1. The number of ether oxygens (including phenoxy) is 1. The molecule has 0 aliphatic carbocycles. The second-order valence-electron chi connectivity index (χ2n) is 7.42. The Morgan fingerprint density at radius 3 is 2.94 bits per heavy atom. The SMILES string of the molecule is Cn1cc(C(=O)N2CCOC(c3cc(C(=O)Nc4nccs4)c4ccccc4n3)C2)cn1. The van der Waals surface area contributed by atoms with Crippen molar-refractivity contribution in [2.24, 2.45) is 7.05 Å². The first-order valence-corrected chi connectivity index (χ1v) is 11.0. The molecule has 1 fully saturated rings. The molecule has 0 saturated carbocycles. The summed E-state index contributed by atoms with van der Waals surface area (Å²) in [5, 5.41) is 9.99. The number of nitrogens with one attached hydrogen (secondary N) is 1. The molecular weight excluding hydrogens is 428 g/mol. The molecule has 1 saturated heterocycles. The molecule has 3 aromatic heterocycles. The molecule has 0 spiro atoms. The summed E-state index contributed by atoms with van der Waals surface area (Å²) in [4.78, 5) is 36.5. The molecule has 9 nitrogen and oxygen atoms in total. The van der Waals surface area contributed by atoms with Crippen LogP contribution in [0.5, 0.6) is 0 Å². The molecule has 0 bridgehead atoms. The lowest BCUT2D eigenvalue weighted by Gasteiger charge is -2.32. The molecule has 5 rings (SSSR count). The Bertz CT molecular complexity index is 1290. The number of benzene rings is 1. The van der Waals surface area contributed by atoms with Gasteiger partial charge in [0.15, 0.2) is 5.13 Å². The zero-order valence-electron chi connectivity index (χ0n) is 17.3. The van der Waals surface area contributed by atoms with Crippen LogP contribution in [0.1, 0.15) is 32.5 Å². The number of para-hydroxylation sites is 1. The number of thiazole rings is 1. The minimum Gasteiger partial charge on any atom is -0.368 e. The first-order chi connectivity index (χ1) is 15.6. The van der Waals surface area contributed by atoms with Gasteiger partial charge >= 0.3 is 0 Å². The molecule has 1 unspecified atom stereocenters. The standard InChI is InChI=1S/C22H20N6O3S/c1-27-12-14(11-24-27)21(30)28-7-8-31-19(13-28)18-10-16(15-4-2-3-5-17(15)25-18)20(29)26-22-23-6-9-32-22/h2-6,9-12,19H,7-8,13H2,1H3,(H,23,26,29). The summed E-state index contributed by atoms with van der Waals surface area (Å²) in [6, 6.07) is 9.22. The van der Waals surface area contributed by atoms with Crippen LogP contribution in [0.4, 0.5) is 5.13 Å². The van der Waals surface area contributed by atoms with Crippen LogP contribution in [0.2, 0.25) is 0 Å². The number of hydrogen-bond acceptors (Lipinski definition) is 7. The third-order valence-corrected chi connectivity index (χ3v) is 5.96. The topological polar surface area (TPSA) is 102 Å². The summed E-state index contributed by atoms with van der Waals surface area (Å²) < 4.78 is 7.56. The highest BCUT2D eigenvalue weighted by molar-refractivity contribution is 7.13. The average Bonchev–Trinajstić information content (AvgIpc) is 3.49. The van der Waals surface area contributed by atoms with Crippen LogP contribution in [0, 0.1) is 0 Å². The molecule has 10 heteroatoms. The van der Waals surface area contributed by atoms with Gasteiger partial charge in [-0.3, -0.25) is 19.6 Å². The zero-order chi connectivity index (χ0) is 22.1. The number of pyridine rings is 1. The molecule has 32 heavy (non-hydrogen) atoms. The highest BCUT2D eigenvalue weighted by atomic mass is 32.1. The third kappa shape index (κ3) is 3.97. The van der Waals surface area contributed by atoms with Crippen molar-refractivity contribution in [3.8, 4) is 0 Å². The molecule has 1 aliphatic rings. The van der Waals surface area contributed by atoms with Crippen LogP contribution >= 0.6 is 11.3 Å². The van der Waals surface area contributed by atoms with E-state index >= 15 is 0 Å². The third-order valence-electron chi connectivity index (χ3n) is 5.27. The van der Waals surface area contributed by atoms with Gasteiger partial charge in [-0.25, -0.2) is 9.97 Å². The number of anilines is 1. The van der Waals surface area contributed by atoms with E-state index in [-0.39, 0.29) is 11.8 Å². The van der Waals surface area contributed by atoms with E-state index in [0.29, 0.717) is 47.2 Å². The Kier molecular flexibility index (Phi) is 5.38. The number of fused-ring (bicyclic) bond motifs is 1. The van der Waals surface area contributed by atoms with E-state index in [9.17, 15) is 9.59 Å². The number of aryl methyl sites for hydroxylation is 1. The van der Waals surface area contributed by atoms with Gasteiger partial charge in [-0.15, -0.1) is 11.3 Å². The predicted molar refractivity (Wildman–Crippen MR) is 120 cm³/mol. The minimum atomic E-state index is -0.444. The number of aromatic nitrogens is 4. The molecule has 1 aliphatic heterocycles. The quantitative estimate of drug-likeness (QED) is 0.515. The van der Waals surface area contributed by atoms with Gasteiger partial charge in [0.2, 0.25) is 0 Å². The van der Waals surface area contributed by atoms with Crippen LogP contribution in [0.15, 0.2) is 54.3 Å². The minimum absolute atomic E-state index is 0.103. The first kappa shape index (κ1) is 20.3. The fraction of sp³-hybridized carbons (Fsp3) is 0.227. The lowest BCUT2D eigenvalue weighted by molar-refractivity contribution is -0.0246. The maximum Gasteiger partial charge on any atom is 0.258 e. The molecule has 2 amide bonds. The zero-order valence-corrected chi connectivity index (χ0v) is 18.1. The summed E-state index contributed by atoms with van der Waals surface area (Å²) in [5.41, 5.74) is 2.31. The Labute approximate surface area is 187 Å². The highest BCUT2D eigenvalue weighted by Crippen LogP contribution is 2.27. The van der Waals surface area contributed by atoms with E-state index in [1.54, 1.807) is 46.7 Å². The number of carbonyl (C=O) groups is 2. The second kappa shape index (κ2) is 8.48. The number of carbonyl (C=O) groups excluding carboxylic acids is 2. The van der Waals surface area contributed by atoms with Crippen molar-refractivity contribution in [2.75, 3.05) is 25.0 Å². The van der Waals surface area contributed by atoms with Crippen LogP contribution in [-0.2, 0) is 11.8 Å². The number of hydrogen-bond donors (Lipinski definition) is 1. The summed E-state index contributed by atoms with van der Waals surface area (Å²) in [6.45, 7) is 1.20. The van der Waals surface area contributed by atoms with Crippen LogP contribution in [-0.4, -0.2) is 56.2 Å². The number of morpholine rings is 1. The van der Waals surface area contributed by atoms with Gasteiger partial charge in [-0.05, 0) is 12.1 Å². The molecule has 1 aromatic carbocycles. The molecule has 0 radical (unpaired) electrons. The van der Waals surface area contributed by atoms with E-state index in [1.807, 2.05) is 24.3 Å². The lowest BCUT2D eigenvalue weighted by atomic mass is 10.0. The summed E-state index contributed by atoms with van der Waals surface area (Å²) in [7, 11) is 1.77. The molecule has 4 aromatic rings. The van der Waals surface area contributed by atoms with Gasteiger partial charge in [-0.2, -0.15) is 5.10 Å². The van der Waals surface area contributed by atoms with Gasteiger partial charge in [-0.1, -0.05) is 18.2 Å². The van der Waals surface area contributed by atoms with Crippen LogP contribution in [0.25, 0.3) is 10.9 Å². The van der Waals surface area contributed by atoms with E-state index in [4.69, 9.17) is 9.72 Å². The van der Waals surface area contributed by atoms with Crippen molar-refractivity contribution in [3.63, 3.8) is 0 Å². The molecular formula is C22H20N6O3S.